The molecule has 3 heterocycles. The zero-order valence-electron chi connectivity index (χ0n) is 16.7. The Morgan fingerprint density at radius 1 is 1.12 bits per heavy atom. The van der Waals surface area contributed by atoms with Crippen molar-refractivity contribution in [3.63, 3.8) is 0 Å². The fourth-order valence-electron chi connectivity index (χ4n) is 2.61. The Kier molecular flexibility index (Phi) is 11.3. The summed E-state index contributed by atoms with van der Waals surface area (Å²) in [5.41, 5.74) is -0.728. The normalized spacial score (nSPS) is 28.2. The quantitative estimate of drug-likeness (QED) is 0.150. The van der Waals surface area contributed by atoms with Crippen LogP contribution in [0.4, 0.5) is 0 Å². The maximum absolute atomic E-state index is 11.7. The molecule has 18 nitrogen and oxygen atoms in total. The van der Waals surface area contributed by atoms with Crippen LogP contribution in [0.15, 0.2) is 17.4 Å². The molecule has 0 spiro atoms. The van der Waals surface area contributed by atoms with Crippen LogP contribution in [0.3, 0.4) is 0 Å². The van der Waals surface area contributed by atoms with Crippen LogP contribution in [0, 0.1) is 0 Å². The zero-order valence-corrected chi connectivity index (χ0v) is 23.4. The third-order valence-corrected chi connectivity index (χ3v) is 7.52. The van der Waals surface area contributed by atoms with Crippen molar-refractivity contribution >= 4 is 34.6 Å². The number of ether oxygens (including phenoxy) is 1. The molecule has 0 amide bonds. The Hall–Kier alpha value is 0.640. The Morgan fingerprint density at radius 2 is 1.76 bits per heavy atom. The van der Waals surface area contributed by atoms with E-state index in [2.05, 4.69) is 28.1 Å². The number of nitrogens with one attached hydrogen (secondary N) is 1. The topological polar surface area (TPSA) is 279 Å². The van der Waals surface area contributed by atoms with Gasteiger partial charge in [-0.15, -0.1) is 0 Å². The Labute approximate surface area is 227 Å². The van der Waals surface area contributed by atoms with E-state index in [0.29, 0.717) is 0 Å². The molecule has 2 aromatic rings. The predicted molar refractivity (Wildman–Crippen MR) is 89.5 cm³/mol. The van der Waals surface area contributed by atoms with Crippen molar-refractivity contribution in [1.82, 2.24) is 19.5 Å². The summed E-state index contributed by atoms with van der Waals surface area (Å²) in [5.74, 6) is 0. The van der Waals surface area contributed by atoms with E-state index in [1.165, 1.54) is 0 Å². The van der Waals surface area contributed by atoms with Gasteiger partial charge < -0.3 is 44.0 Å². The molecule has 1 saturated heterocycles. The fraction of sp³-hybridized carbons (Fsp3) is 0.500. The van der Waals surface area contributed by atoms with Crippen LogP contribution >= 0.6 is 23.5 Å². The van der Waals surface area contributed by atoms with Crippen molar-refractivity contribution in [2.75, 3.05) is 6.61 Å². The maximum Gasteiger partial charge on any atom is 1.00 e. The van der Waals surface area contributed by atoms with E-state index in [0.717, 1.165) is 17.2 Å². The third-order valence-electron chi connectivity index (χ3n) is 3.78. The van der Waals surface area contributed by atoms with Crippen molar-refractivity contribution in [3.8, 4) is 0 Å². The van der Waals surface area contributed by atoms with Gasteiger partial charge in [0.1, 0.15) is 18.3 Å². The van der Waals surface area contributed by atoms with Gasteiger partial charge >= 0.3 is 66.9 Å². The summed E-state index contributed by atoms with van der Waals surface area (Å²) in [6.45, 7) is -1.07. The van der Waals surface area contributed by atoms with E-state index in [9.17, 15) is 38.5 Å². The third kappa shape index (κ3) is 8.06. The maximum atomic E-state index is 11.7. The summed E-state index contributed by atoms with van der Waals surface area (Å²) >= 11 is 0. The van der Waals surface area contributed by atoms with Crippen LogP contribution in [0.5, 0.6) is 0 Å². The average molecular weight is 552 g/mol. The van der Waals surface area contributed by atoms with Crippen LogP contribution in [-0.4, -0.2) is 64.4 Å². The van der Waals surface area contributed by atoms with Crippen molar-refractivity contribution in [2.24, 2.45) is 0 Å². The molecular weight excluding hydrogens is 539 g/mol. The van der Waals surface area contributed by atoms with Crippen molar-refractivity contribution < 1.29 is 120 Å². The second kappa shape index (κ2) is 11.8. The van der Waals surface area contributed by atoms with Gasteiger partial charge in [-0.3, -0.25) is 18.5 Å². The van der Waals surface area contributed by atoms with Gasteiger partial charge in [0, 0.05) is 0 Å². The number of H-pyrrole nitrogens is 1. The molecule has 0 radical (unpaired) electrons. The van der Waals surface area contributed by atoms with E-state index in [4.69, 9.17) is 14.5 Å². The van der Waals surface area contributed by atoms with Crippen LogP contribution in [0.2, 0.25) is 0 Å². The van der Waals surface area contributed by atoms with E-state index in [1.807, 2.05) is 0 Å². The smallest absolute Gasteiger partial charge is 0.756 e. The van der Waals surface area contributed by atoms with Gasteiger partial charge in [0.15, 0.2) is 17.4 Å². The van der Waals surface area contributed by atoms with Gasteiger partial charge in [-0.25, -0.2) is 23.2 Å². The largest absolute Gasteiger partial charge is 1.00 e. The minimum Gasteiger partial charge on any atom is -0.756 e. The van der Waals surface area contributed by atoms with Crippen LogP contribution in [0.1, 0.15) is 6.23 Å². The first-order valence-electron chi connectivity index (χ1n) is 7.86. The molecular formula is C10H13N4Na2O14P3. The molecule has 3 unspecified atom stereocenters. The number of fused-ring (bicyclic) bond motifs is 1. The van der Waals surface area contributed by atoms with Gasteiger partial charge in [-0.1, -0.05) is 0 Å². The number of aromatic amines is 1. The molecule has 1 fully saturated rings. The predicted octanol–water partition coefficient (Wildman–Crippen LogP) is -9.17. The molecule has 0 bridgehead atoms. The molecule has 33 heavy (non-hydrogen) atoms. The number of rotatable bonds is 8. The first-order valence-corrected chi connectivity index (χ1v) is 12.3. The second-order valence-electron chi connectivity index (χ2n) is 5.95. The molecule has 23 heteroatoms. The SMILES string of the molecule is O=c1[nH]cnc2c1ncn2[C@@H]1O[C@H](COP(=O)([O-])OP(=O)(O)OP(=O)([O-])O)[C@@H](O)[C@H]1O.[Na+].[Na+]. The second-order valence-corrected chi connectivity index (χ2v) is 10.3. The molecule has 0 aromatic carbocycles. The van der Waals surface area contributed by atoms with Crippen LogP contribution < -0.4 is 74.5 Å². The average Bonchev–Trinajstić information content (AvgIpc) is 3.13. The van der Waals surface area contributed by atoms with E-state index in [1.54, 1.807) is 0 Å². The minimum atomic E-state index is -5.84. The van der Waals surface area contributed by atoms with Crippen LogP contribution in [0.25, 0.3) is 11.2 Å². The summed E-state index contributed by atoms with van der Waals surface area (Å²) in [6, 6.07) is 0. The Bertz CT molecular complexity index is 1170. The monoisotopic (exact) mass is 552 g/mol. The Balaban J connectivity index is 0.00000272. The minimum absolute atomic E-state index is 0. The molecule has 1 aliphatic rings. The summed E-state index contributed by atoms with van der Waals surface area (Å²) in [5, 5.41) is 20.3. The van der Waals surface area contributed by atoms with E-state index < -0.39 is 60.2 Å². The summed E-state index contributed by atoms with van der Waals surface area (Å²) in [4.78, 5) is 61.1. The van der Waals surface area contributed by atoms with Gasteiger partial charge in [0.25, 0.3) is 21.2 Å². The molecule has 174 valence electrons. The molecule has 0 aliphatic carbocycles. The molecule has 5 N–H and O–H groups in total. The number of hydrogen-bond donors (Lipinski definition) is 5. The number of aliphatic hydroxyl groups is 2. The molecule has 1 aliphatic heterocycles. The number of phosphoric acid groups is 3. The zero-order chi connectivity index (χ0) is 23.2. The van der Waals surface area contributed by atoms with E-state index in [-0.39, 0.29) is 70.3 Å². The number of hydrogen-bond acceptors (Lipinski definition) is 14. The number of nitrogens with zero attached hydrogens (tertiary/aromatic N) is 3. The molecule has 3 rings (SSSR count). The van der Waals surface area contributed by atoms with E-state index >= 15 is 0 Å². The first-order chi connectivity index (χ1) is 14.2. The number of phosphoric ester groups is 1. The summed E-state index contributed by atoms with van der Waals surface area (Å²) < 4.78 is 50.8. The number of aliphatic hydroxyl groups excluding tert-OH is 2. The van der Waals surface area contributed by atoms with Gasteiger partial charge in [-0.2, -0.15) is 0 Å². The molecule has 2 aromatic heterocycles. The summed E-state index contributed by atoms with van der Waals surface area (Å²) in [6.07, 6.45) is -4.23. The van der Waals surface area contributed by atoms with Crippen LogP contribution in [-0.2, 0) is 31.6 Å². The standard InChI is InChI=1S/C10H15N4O14P3.2Na/c15-6-4(1-25-30(21,22)28-31(23,24)27-29(18,19)20)26-10(7(6)16)14-3-13-5-8(14)11-2-12-9(5)17;;/h2-4,6-7,10,15-16H,1H2,(H,21,22)(H,23,24)(H,11,12,17)(H2,18,19,20);;/q;2*+1/p-2/t4-,6-,7-,10-;;/m1../s1. The first kappa shape index (κ1) is 31.7. The van der Waals surface area contributed by atoms with Crippen molar-refractivity contribution in [3.05, 3.63) is 23.0 Å². The Morgan fingerprint density at radius 3 is 2.36 bits per heavy atom. The number of imidazole rings is 1. The summed E-state index contributed by atoms with van der Waals surface area (Å²) in [7, 11) is -17.4. The van der Waals surface area contributed by atoms with Crippen molar-refractivity contribution in [2.45, 2.75) is 24.5 Å². The van der Waals surface area contributed by atoms with Gasteiger partial charge in [0.05, 0.1) is 19.3 Å². The molecule has 0 saturated carbocycles. The van der Waals surface area contributed by atoms with Gasteiger partial charge in [0.2, 0.25) is 0 Å². The van der Waals surface area contributed by atoms with Crippen molar-refractivity contribution in [1.29, 1.82) is 0 Å². The molecule has 7 atom stereocenters. The fourth-order valence-corrected chi connectivity index (χ4v) is 5.57. The van der Waals surface area contributed by atoms with Gasteiger partial charge in [-0.05, 0) is 0 Å². The number of aromatic nitrogens is 4.